The van der Waals surface area contributed by atoms with E-state index in [9.17, 15) is 20.1 Å². The van der Waals surface area contributed by atoms with Crippen molar-refractivity contribution in [3.05, 3.63) is 11.6 Å². The molecule has 4 heteroatoms. The van der Waals surface area contributed by atoms with Crippen LogP contribution < -0.4 is 0 Å². The van der Waals surface area contributed by atoms with Gasteiger partial charge in [0.25, 0.3) is 0 Å². The maximum absolute atomic E-state index is 12.9. The molecule has 0 radical (unpaired) electrons. The van der Waals surface area contributed by atoms with Crippen LogP contribution in [-0.4, -0.2) is 38.9 Å². The lowest BCUT2D eigenvalue weighted by molar-refractivity contribution is -0.258. The summed E-state index contributed by atoms with van der Waals surface area (Å²) in [5.41, 5.74) is -0.555. The fourth-order valence-corrected chi connectivity index (χ4v) is 10.3. The number of carbonyl (C=O) groups excluding carboxylic acids is 1. The Balaban J connectivity index is 1.71. The quantitative estimate of drug-likeness (QED) is 0.458. The van der Waals surface area contributed by atoms with E-state index in [0.29, 0.717) is 25.7 Å². The minimum absolute atomic E-state index is 0.0287. The second-order valence-corrected chi connectivity index (χ2v) is 14.4. The third kappa shape index (κ3) is 3.52. The van der Waals surface area contributed by atoms with Crippen molar-refractivity contribution in [2.75, 3.05) is 0 Å². The summed E-state index contributed by atoms with van der Waals surface area (Å²) in [5.74, 6) is 0.540. The van der Waals surface area contributed by atoms with Gasteiger partial charge in [-0.25, -0.2) is 0 Å². The summed E-state index contributed by atoms with van der Waals surface area (Å²) in [6.07, 6.45) is 7.43. The van der Waals surface area contributed by atoms with Gasteiger partial charge in [0.05, 0.1) is 17.8 Å². The number of aliphatic hydroxyl groups is 3. The van der Waals surface area contributed by atoms with Gasteiger partial charge in [0.15, 0.2) is 0 Å². The molecular formula is C30H50O4. The van der Waals surface area contributed by atoms with Gasteiger partial charge in [-0.1, -0.05) is 46.3 Å². The predicted octanol–water partition coefficient (Wildman–Crippen LogP) is 5.68. The summed E-state index contributed by atoms with van der Waals surface area (Å²) in [5, 5.41) is 35.0. The topological polar surface area (TPSA) is 77.8 Å². The number of ketones is 1. The number of allylic oxidation sites excluding steroid dienone is 2. The maximum atomic E-state index is 12.9. The Bertz CT molecular complexity index is 854. The van der Waals surface area contributed by atoms with Crippen LogP contribution in [0.15, 0.2) is 11.6 Å². The van der Waals surface area contributed by atoms with E-state index in [4.69, 9.17) is 0 Å². The number of carbonyl (C=O) groups is 1. The van der Waals surface area contributed by atoms with Gasteiger partial charge in [0.2, 0.25) is 0 Å². The van der Waals surface area contributed by atoms with E-state index in [0.717, 1.165) is 25.7 Å². The normalized spacial score (nSPS) is 49.4. The standard InChI is InChI=1S/C30H50O4/c1-18(2)10-9-13-30(8,34)19-11-15-28(6)24(19)20(31)16-22-27(5)14-12-23(33)26(3,4)25(27)21(32)17-29(22,28)7/h10,19-22,24-25,31-32,34H,9,11-17H2,1-8H3/t19-,20+,21-,22+,24-,25?,27+,28-,29+,30-/m0/s1. The van der Waals surface area contributed by atoms with Crippen LogP contribution in [0.3, 0.4) is 0 Å². The van der Waals surface area contributed by atoms with Crippen molar-refractivity contribution in [3.63, 3.8) is 0 Å². The van der Waals surface area contributed by atoms with Crippen molar-refractivity contribution in [2.45, 2.75) is 125 Å². The van der Waals surface area contributed by atoms with E-state index in [1.54, 1.807) is 0 Å². The smallest absolute Gasteiger partial charge is 0.138 e. The number of rotatable bonds is 4. The van der Waals surface area contributed by atoms with Gasteiger partial charge in [0, 0.05) is 17.8 Å². The van der Waals surface area contributed by atoms with Gasteiger partial charge in [-0.15, -0.1) is 0 Å². The molecule has 10 atom stereocenters. The highest BCUT2D eigenvalue weighted by Gasteiger charge is 2.73. The summed E-state index contributed by atoms with van der Waals surface area (Å²) in [6.45, 7) is 17.2. The van der Waals surface area contributed by atoms with Crippen LogP contribution in [0.25, 0.3) is 0 Å². The Labute approximate surface area is 207 Å². The van der Waals surface area contributed by atoms with Crippen molar-refractivity contribution < 1.29 is 20.1 Å². The Morgan fingerprint density at radius 1 is 1.06 bits per heavy atom. The van der Waals surface area contributed by atoms with Crippen LogP contribution in [0.4, 0.5) is 0 Å². The van der Waals surface area contributed by atoms with E-state index >= 15 is 0 Å². The zero-order valence-corrected chi connectivity index (χ0v) is 22.9. The molecule has 1 unspecified atom stereocenters. The molecule has 0 bridgehead atoms. The fraction of sp³-hybridized carbons (Fsp3) is 0.900. The lowest BCUT2D eigenvalue weighted by atomic mass is 9.34. The summed E-state index contributed by atoms with van der Waals surface area (Å²) >= 11 is 0. The second-order valence-electron chi connectivity index (χ2n) is 14.4. The molecule has 4 aliphatic carbocycles. The number of Topliss-reactive ketones (excluding diaryl/α,β-unsaturated/α-hetero) is 1. The Morgan fingerprint density at radius 2 is 1.71 bits per heavy atom. The molecule has 0 aliphatic heterocycles. The van der Waals surface area contributed by atoms with Gasteiger partial charge >= 0.3 is 0 Å². The molecule has 4 aliphatic rings. The van der Waals surface area contributed by atoms with Gasteiger partial charge in [0.1, 0.15) is 5.78 Å². The average molecular weight is 475 g/mol. The van der Waals surface area contributed by atoms with Crippen LogP contribution in [0, 0.1) is 45.3 Å². The van der Waals surface area contributed by atoms with Gasteiger partial charge in [-0.2, -0.15) is 0 Å². The first-order chi connectivity index (χ1) is 15.5. The fourth-order valence-electron chi connectivity index (χ4n) is 10.3. The van der Waals surface area contributed by atoms with Gasteiger partial charge in [-0.05, 0) is 99.7 Å². The van der Waals surface area contributed by atoms with Crippen LogP contribution in [0.5, 0.6) is 0 Å². The molecule has 4 rings (SSSR count). The van der Waals surface area contributed by atoms with E-state index in [-0.39, 0.29) is 45.7 Å². The first-order valence-corrected chi connectivity index (χ1v) is 13.8. The maximum Gasteiger partial charge on any atom is 0.138 e. The van der Waals surface area contributed by atoms with Crippen molar-refractivity contribution in [2.24, 2.45) is 45.3 Å². The third-order valence-electron chi connectivity index (χ3n) is 12.0. The lowest BCUT2D eigenvalue weighted by Crippen LogP contribution is -2.69. The minimum Gasteiger partial charge on any atom is -0.393 e. The number of aliphatic hydroxyl groups excluding tert-OH is 2. The second kappa shape index (κ2) is 8.15. The molecule has 0 spiro atoms. The molecule has 194 valence electrons. The minimum atomic E-state index is -0.822. The SMILES string of the molecule is CC(C)=CCC[C@](C)(O)[C@H]1CC[C@@]2(C)[C@@H]1[C@H](O)C[C@@H]1[C@@]3(C)CCC(=O)C(C)(C)C3[C@@H](O)C[C@]12C. The number of hydrogen-bond donors (Lipinski definition) is 3. The van der Waals surface area contributed by atoms with Crippen molar-refractivity contribution in [1.29, 1.82) is 0 Å². The van der Waals surface area contributed by atoms with Gasteiger partial charge < -0.3 is 15.3 Å². The summed E-state index contributed by atoms with van der Waals surface area (Å²) in [7, 11) is 0. The number of hydrogen-bond acceptors (Lipinski definition) is 4. The molecule has 4 saturated carbocycles. The molecule has 4 fully saturated rings. The molecule has 0 aromatic rings. The largest absolute Gasteiger partial charge is 0.393 e. The average Bonchev–Trinajstić information content (AvgIpc) is 3.07. The summed E-state index contributed by atoms with van der Waals surface area (Å²) < 4.78 is 0. The van der Waals surface area contributed by atoms with Crippen LogP contribution >= 0.6 is 0 Å². The summed E-state index contributed by atoms with van der Waals surface area (Å²) in [4.78, 5) is 12.9. The monoisotopic (exact) mass is 474 g/mol. The first-order valence-electron chi connectivity index (χ1n) is 13.8. The van der Waals surface area contributed by atoms with Crippen molar-refractivity contribution in [1.82, 2.24) is 0 Å². The zero-order chi connectivity index (χ0) is 25.5. The van der Waals surface area contributed by atoms with Gasteiger partial charge in [-0.3, -0.25) is 4.79 Å². The molecular weight excluding hydrogens is 424 g/mol. The Morgan fingerprint density at radius 3 is 2.32 bits per heavy atom. The van der Waals surface area contributed by atoms with Crippen LogP contribution in [-0.2, 0) is 4.79 Å². The Hall–Kier alpha value is -0.710. The molecule has 0 saturated heterocycles. The van der Waals surface area contributed by atoms with E-state index < -0.39 is 23.2 Å². The highest BCUT2D eigenvalue weighted by molar-refractivity contribution is 5.85. The van der Waals surface area contributed by atoms with Crippen molar-refractivity contribution >= 4 is 5.78 Å². The van der Waals surface area contributed by atoms with E-state index in [2.05, 4.69) is 40.7 Å². The molecule has 0 aromatic heterocycles. The lowest BCUT2D eigenvalue weighted by Gasteiger charge is -2.70. The predicted molar refractivity (Wildman–Crippen MR) is 136 cm³/mol. The summed E-state index contributed by atoms with van der Waals surface area (Å²) in [6, 6.07) is 0. The number of fused-ring (bicyclic) bond motifs is 5. The Kier molecular flexibility index (Phi) is 6.32. The molecule has 3 N–H and O–H groups in total. The van der Waals surface area contributed by atoms with Crippen molar-refractivity contribution in [3.8, 4) is 0 Å². The third-order valence-corrected chi connectivity index (χ3v) is 12.0. The van der Waals surface area contributed by atoms with E-state index in [1.807, 2.05) is 20.8 Å². The zero-order valence-electron chi connectivity index (χ0n) is 22.9. The van der Waals surface area contributed by atoms with Crippen LogP contribution in [0.1, 0.15) is 107 Å². The molecule has 0 aromatic carbocycles. The molecule has 0 amide bonds. The molecule has 4 nitrogen and oxygen atoms in total. The van der Waals surface area contributed by atoms with E-state index in [1.165, 1.54) is 5.57 Å². The first kappa shape index (κ1) is 26.4. The molecule has 0 heterocycles. The molecule has 34 heavy (non-hydrogen) atoms. The highest BCUT2D eigenvalue weighted by Crippen LogP contribution is 2.75. The highest BCUT2D eigenvalue weighted by atomic mass is 16.3. The van der Waals surface area contributed by atoms with Crippen LogP contribution in [0.2, 0.25) is 0 Å².